The molecule has 0 radical (unpaired) electrons. The number of amides is 2. The zero-order valence-electron chi connectivity index (χ0n) is 9.65. The molecular formula is C13H17N3O. The largest absolute Gasteiger partial charge is 0.335 e. The number of nitrogens with one attached hydrogen (secondary N) is 2. The van der Waals surface area contributed by atoms with E-state index in [1.807, 2.05) is 18.2 Å². The molecule has 1 fully saturated rings. The predicted octanol–water partition coefficient (Wildman–Crippen LogP) is 1.07. The molecule has 2 amide bonds. The number of nitrogens with two attached hydrogens (primary N) is 1. The van der Waals surface area contributed by atoms with Crippen LogP contribution in [0.4, 0.5) is 4.79 Å². The van der Waals surface area contributed by atoms with Crippen LogP contribution in [0.1, 0.15) is 30.0 Å². The molecule has 0 saturated heterocycles. The van der Waals surface area contributed by atoms with Gasteiger partial charge in [-0.2, -0.15) is 0 Å². The first-order valence-corrected chi connectivity index (χ1v) is 6.14. The van der Waals surface area contributed by atoms with E-state index in [9.17, 15) is 4.79 Å². The number of fused-ring (bicyclic) bond motifs is 1. The van der Waals surface area contributed by atoms with E-state index in [0.29, 0.717) is 6.04 Å². The molecule has 1 saturated carbocycles. The highest BCUT2D eigenvalue weighted by Gasteiger charge is 2.32. The third-order valence-corrected chi connectivity index (χ3v) is 3.47. The molecule has 17 heavy (non-hydrogen) atoms. The van der Waals surface area contributed by atoms with E-state index >= 15 is 0 Å². The summed E-state index contributed by atoms with van der Waals surface area (Å²) in [5.74, 6) is 0. The molecule has 1 aromatic rings. The monoisotopic (exact) mass is 231 g/mol. The van der Waals surface area contributed by atoms with Crippen LogP contribution >= 0.6 is 0 Å². The van der Waals surface area contributed by atoms with Crippen LogP contribution in [0.15, 0.2) is 24.3 Å². The average Bonchev–Trinajstić information content (AvgIpc) is 3.05. The smallest absolute Gasteiger partial charge is 0.315 e. The predicted molar refractivity (Wildman–Crippen MR) is 65.6 cm³/mol. The number of urea groups is 1. The van der Waals surface area contributed by atoms with Crippen molar-refractivity contribution < 1.29 is 4.79 Å². The zero-order valence-corrected chi connectivity index (χ0v) is 9.65. The molecule has 0 aliphatic heterocycles. The average molecular weight is 231 g/mol. The van der Waals surface area contributed by atoms with Gasteiger partial charge in [-0.25, -0.2) is 4.79 Å². The van der Waals surface area contributed by atoms with Gasteiger partial charge in [0.15, 0.2) is 0 Å². The van der Waals surface area contributed by atoms with Crippen molar-refractivity contribution in [1.82, 2.24) is 10.6 Å². The summed E-state index contributed by atoms with van der Waals surface area (Å²) in [7, 11) is 0. The van der Waals surface area contributed by atoms with E-state index in [4.69, 9.17) is 5.73 Å². The lowest BCUT2D eigenvalue weighted by atomic mass is 10.1. The van der Waals surface area contributed by atoms with Crippen LogP contribution in [-0.2, 0) is 6.42 Å². The summed E-state index contributed by atoms with van der Waals surface area (Å²) < 4.78 is 0. The van der Waals surface area contributed by atoms with Gasteiger partial charge in [-0.15, -0.1) is 0 Å². The van der Waals surface area contributed by atoms with E-state index in [1.165, 1.54) is 5.56 Å². The van der Waals surface area contributed by atoms with Crippen molar-refractivity contribution in [3.8, 4) is 0 Å². The van der Waals surface area contributed by atoms with Crippen molar-refractivity contribution in [1.29, 1.82) is 0 Å². The highest BCUT2D eigenvalue weighted by molar-refractivity contribution is 5.75. The summed E-state index contributed by atoms with van der Waals surface area (Å²) >= 11 is 0. The summed E-state index contributed by atoms with van der Waals surface area (Å²) in [5.41, 5.74) is 8.49. The lowest BCUT2D eigenvalue weighted by Gasteiger charge is -2.19. The highest BCUT2D eigenvalue weighted by atomic mass is 16.2. The van der Waals surface area contributed by atoms with Gasteiger partial charge in [-0.05, 0) is 30.4 Å². The molecule has 2 atom stereocenters. The van der Waals surface area contributed by atoms with Crippen molar-refractivity contribution >= 4 is 6.03 Å². The standard InChI is InChI=1S/C13H17N3O/c14-11-7-8-3-1-2-4-10(8)12(11)16-13(17)15-9-5-6-9/h1-4,9,11-12H,5-7,14H2,(H2,15,16,17). The molecule has 4 N–H and O–H groups in total. The molecule has 1 aromatic carbocycles. The van der Waals surface area contributed by atoms with Crippen LogP contribution in [0.3, 0.4) is 0 Å². The second-order valence-electron chi connectivity index (χ2n) is 4.94. The number of benzene rings is 1. The maximum absolute atomic E-state index is 11.7. The lowest BCUT2D eigenvalue weighted by Crippen LogP contribution is -2.44. The number of carbonyl (C=O) groups is 1. The van der Waals surface area contributed by atoms with Gasteiger partial charge < -0.3 is 16.4 Å². The Hall–Kier alpha value is -1.55. The lowest BCUT2D eigenvalue weighted by molar-refractivity contribution is 0.235. The molecule has 0 heterocycles. The van der Waals surface area contributed by atoms with Crippen molar-refractivity contribution in [2.24, 2.45) is 5.73 Å². The molecule has 90 valence electrons. The van der Waals surface area contributed by atoms with Crippen LogP contribution in [0.5, 0.6) is 0 Å². The van der Waals surface area contributed by atoms with E-state index in [2.05, 4.69) is 16.7 Å². The Kier molecular flexibility index (Phi) is 2.52. The Labute approximate surface area is 101 Å². The second kappa shape index (κ2) is 4.04. The molecule has 3 rings (SSSR count). The number of hydrogen-bond donors (Lipinski definition) is 3. The second-order valence-corrected chi connectivity index (χ2v) is 4.94. The Morgan fingerprint density at radius 3 is 2.76 bits per heavy atom. The molecule has 4 heteroatoms. The molecule has 0 aromatic heterocycles. The van der Waals surface area contributed by atoms with E-state index in [-0.39, 0.29) is 18.1 Å². The van der Waals surface area contributed by atoms with Gasteiger partial charge in [-0.1, -0.05) is 24.3 Å². The van der Waals surface area contributed by atoms with Crippen molar-refractivity contribution in [3.63, 3.8) is 0 Å². The first kappa shape index (κ1) is 10.6. The van der Waals surface area contributed by atoms with Crippen molar-refractivity contribution in [2.75, 3.05) is 0 Å². The van der Waals surface area contributed by atoms with Crippen LogP contribution < -0.4 is 16.4 Å². The quantitative estimate of drug-likeness (QED) is 0.712. The Morgan fingerprint density at radius 2 is 2.00 bits per heavy atom. The fourth-order valence-electron chi connectivity index (χ4n) is 2.41. The first-order valence-electron chi connectivity index (χ1n) is 6.14. The third kappa shape index (κ3) is 2.13. The minimum absolute atomic E-state index is 0.0163. The Bertz CT molecular complexity index is 442. The normalized spacial score (nSPS) is 26.4. The fraction of sp³-hybridized carbons (Fsp3) is 0.462. The minimum atomic E-state index is -0.0929. The molecule has 0 spiro atoms. The summed E-state index contributed by atoms with van der Waals surface area (Å²) in [6.07, 6.45) is 3.03. The van der Waals surface area contributed by atoms with Crippen LogP contribution in [0, 0.1) is 0 Å². The van der Waals surface area contributed by atoms with Gasteiger partial charge in [-0.3, -0.25) is 0 Å². The zero-order chi connectivity index (χ0) is 11.8. The molecule has 2 aliphatic rings. The SMILES string of the molecule is NC1Cc2ccccc2C1NC(=O)NC1CC1. The van der Waals surface area contributed by atoms with Gasteiger partial charge in [0.1, 0.15) is 0 Å². The maximum Gasteiger partial charge on any atom is 0.315 e. The molecule has 2 unspecified atom stereocenters. The maximum atomic E-state index is 11.7. The van der Waals surface area contributed by atoms with Gasteiger partial charge >= 0.3 is 6.03 Å². The summed E-state index contributed by atoms with van der Waals surface area (Å²) in [5, 5.41) is 5.91. The molecule has 4 nitrogen and oxygen atoms in total. The number of carbonyl (C=O) groups excluding carboxylic acids is 1. The van der Waals surface area contributed by atoms with Crippen LogP contribution in [0.25, 0.3) is 0 Å². The van der Waals surface area contributed by atoms with Gasteiger partial charge in [0.2, 0.25) is 0 Å². The van der Waals surface area contributed by atoms with Gasteiger partial charge in [0.05, 0.1) is 6.04 Å². The van der Waals surface area contributed by atoms with E-state index in [1.54, 1.807) is 0 Å². The van der Waals surface area contributed by atoms with Crippen molar-refractivity contribution in [3.05, 3.63) is 35.4 Å². The van der Waals surface area contributed by atoms with E-state index in [0.717, 1.165) is 24.8 Å². The summed E-state index contributed by atoms with van der Waals surface area (Å²) in [4.78, 5) is 11.7. The number of hydrogen-bond acceptors (Lipinski definition) is 2. The fourth-order valence-corrected chi connectivity index (χ4v) is 2.41. The first-order chi connectivity index (χ1) is 8.24. The van der Waals surface area contributed by atoms with Crippen LogP contribution in [-0.4, -0.2) is 18.1 Å². The molecular weight excluding hydrogens is 214 g/mol. The van der Waals surface area contributed by atoms with Crippen LogP contribution in [0.2, 0.25) is 0 Å². The molecule has 2 aliphatic carbocycles. The van der Waals surface area contributed by atoms with Gasteiger partial charge in [0, 0.05) is 12.1 Å². The Balaban J connectivity index is 1.71. The van der Waals surface area contributed by atoms with Gasteiger partial charge in [0.25, 0.3) is 0 Å². The topological polar surface area (TPSA) is 67.1 Å². The van der Waals surface area contributed by atoms with E-state index < -0.39 is 0 Å². The summed E-state index contributed by atoms with van der Waals surface area (Å²) in [6, 6.07) is 8.34. The highest BCUT2D eigenvalue weighted by Crippen LogP contribution is 2.30. The van der Waals surface area contributed by atoms with Crippen molar-refractivity contribution in [2.45, 2.75) is 37.4 Å². The minimum Gasteiger partial charge on any atom is -0.335 e. The Morgan fingerprint density at radius 1 is 1.24 bits per heavy atom. The third-order valence-electron chi connectivity index (χ3n) is 3.47. The molecule has 0 bridgehead atoms. The number of rotatable bonds is 2. The summed E-state index contributed by atoms with van der Waals surface area (Å²) in [6.45, 7) is 0.